The normalized spacial score (nSPS) is 11.0. The van der Waals surface area contributed by atoms with Crippen molar-refractivity contribution in [3.63, 3.8) is 0 Å². The minimum absolute atomic E-state index is 0.405. The number of anilines is 2. The molecule has 3 N–H and O–H groups in total. The molecule has 0 saturated carbocycles. The van der Waals surface area contributed by atoms with E-state index in [1.54, 1.807) is 6.33 Å². The highest BCUT2D eigenvalue weighted by molar-refractivity contribution is 9.10. The summed E-state index contributed by atoms with van der Waals surface area (Å²) < 4.78 is 3.04. The molecule has 2 aromatic heterocycles. The maximum atomic E-state index is 6.02. The highest BCUT2D eigenvalue weighted by atomic mass is 79.9. The van der Waals surface area contributed by atoms with Crippen molar-refractivity contribution in [1.82, 2.24) is 19.5 Å². The molecule has 0 amide bonds. The number of hydrogen-bond acceptors (Lipinski definition) is 5. The van der Waals surface area contributed by atoms with Gasteiger partial charge in [0.1, 0.15) is 5.52 Å². The van der Waals surface area contributed by atoms with Crippen LogP contribution in [-0.4, -0.2) is 26.1 Å². The molecule has 0 radical (unpaired) electrons. The van der Waals surface area contributed by atoms with E-state index in [1.165, 1.54) is 0 Å². The van der Waals surface area contributed by atoms with Gasteiger partial charge in [0.15, 0.2) is 11.5 Å². The van der Waals surface area contributed by atoms with E-state index in [9.17, 15) is 0 Å². The fourth-order valence-electron chi connectivity index (χ4n) is 2.37. The zero-order valence-electron chi connectivity index (χ0n) is 13.0. The van der Waals surface area contributed by atoms with Crippen molar-refractivity contribution < 1.29 is 0 Å². The number of nitrogens with one attached hydrogen (secondary N) is 1. The monoisotopic (exact) mass is 374 g/mol. The van der Waals surface area contributed by atoms with Crippen molar-refractivity contribution in [1.29, 1.82) is 0 Å². The number of nitrogens with zero attached hydrogens (tertiary/aromatic N) is 4. The Hall–Kier alpha value is -2.15. The third-order valence-corrected chi connectivity index (χ3v) is 4.04. The first-order valence-electron chi connectivity index (χ1n) is 7.64. The van der Waals surface area contributed by atoms with E-state index in [0.29, 0.717) is 23.8 Å². The second kappa shape index (κ2) is 6.95. The van der Waals surface area contributed by atoms with E-state index < -0.39 is 0 Å². The predicted octanol–water partition coefficient (Wildman–Crippen LogP) is 3.43. The number of benzene rings is 1. The Morgan fingerprint density at radius 2 is 2.17 bits per heavy atom. The van der Waals surface area contributed by atoms with Gasteiger partial charge in [0.05, 0.1) is 12.9 Å². The fraction of sp³-hybridized carbons (Fsp3) is 0.312. The van der Waals surface area contributed by atoms with Gasteiger partial charge in [-0.2, -0.15) is 9.97 Å². The average Bonchev–Trinajstić information content (AvgIpc) is 2.91. The Balaban J connectivity index is 1.91. The third-order valence-electron chi connectivity index (χ3n) is 3.55. The smallest absolute Gasteiger partial charge is 0.226 e. The molecule has 23 heavy (non-hydrogen) atoms. The van der Waals surface area contributed by atoms with Gasteiger partial charge in [0.25, 0.3) is 0 Å². The number of nitrogens with two attached hydrogens (primary N) is 1. The lowest BCUT2D eigenvalue weighted by Crippen LogP contribution is -2.08. The molecule has 0 unspecified atom stereocenters. The summed E-state index contributed by atoms with van der Waals surface area (Å²) in [4.78, 5) is 13.2. The minimum Gasteiger partial charge on any atom is -0.382 e. The number of unbranched alkanes of at least 4 members (excludes halogenated alkanes) is 1. The van der Waals surface area contributed by atoms with Crippen LogP contribution in [0.3, 0.4) is 0 Å². The van der Waals surface area contributed by atoms with Gasteiger partial charge in [-0.05, 0) is 24.1 Å². The van der Waals surface area contributed by atoms with Crippen LogP contribution in [0.15, 0.2) is 35.1 Å². The molecule has 6 nitrogen and oxygen atoms in total. The molecule has 120 valence electrons. The molecule has 7 heteroatoms. The van der Waals surface area contributed by atoms with Crippen LogP contribution < -0.4 is 11.1 Å². The summed E-state index contributed by atoms with van der Waals surface area (Å²) in [6, 6.07) is 8.17. The minimum atomic E-state index is 0.405. The number of aromatic nitrogens is 4. The summed E-state index contributed by atoms with van der Waals surface area (Å²) in [5, 5.41) is 3.22. The van der Waals surface area contributed by atoms with Crippen molar-refractivity contribution >= 4 is 38.9 Å². The van der Waals surface area contributed by atoms with Gasteiger partial charge in [0.2, 0.25) is 5.95 Å². The lowest BCUT2D eigenvalue weighted by molar-refractivity contribution is 0.808. The molecule has 0 aliphatic rings. The topological polar surface area (TPSA) is 81.6 Å². The highest BCUT2D eigenvalue weighted by Crippen LogP contribution is 2.20. The molecule has 0 atom stereocenters. The van der Waals surface area contributed by atoms with Crippen LogP contribution in [-0.2, 0) is 6.54 Å². The Morgan fingerprint density at radius 1 is 1.30 bits per heavy atom. The van der Waals surface area contributed by atoms with E-state index in [4.69, 9.17) is 5.73 Å². The largest absolute Gasteiger partial charge is 0.382 e. The number of fused-ring (bicyclic) bond motifs is 1. The predicted molar refractivity (Wildman–Crippen MR) is 96.4 cm³/mol. The zero-order chi connectivity index (χ0) is 16.2. The van der Waals surface area contributed by atoms with Gasteiger partial charge in [-0.1, -0.05) is 41.4 Å². The van der Waals surface area contributed by atoms with Crippen LogP contribution in [0.2, 0.25) is 0 Å². The second-order valence-electron chi connectivity index (χ2n) is 5.39. The van der Waals surface area contributed by atoms with Gasteiger partial charge in [-0.3, -0.25) is 0 Å². The SMILES string of the molecule is CCCCNc1nc(N)c2ncn(Cc3cccc(Br)c3)c2n1. The van der Waals surface area contributed by atoms with Crippen LogP contribution in [0, 0.1) is 0 Å². The maximum absolute atomic E-state index is 6.02. The van der Waals surface area contributed by atoms with Crippen LogP contribution in [0.5, 0.6) is 0 Å². The fourth-order valence-corrected chi connectivity index (χ4v) is 2.82. The van der Waals surface area contributed by atoms with Crippen molar-refractivity contribution in [2.45, 2.75) is 26.3 Å². The van der Waals surface area contributed by atoms with Gasteiger partial charge >= 0.3 is 0 Å². The summed E-state index contributed by atoms with van der Waals surface area (Å²) >= 11 is 3.49. The zero-order valence-corrected chi connectivity index (χ0v) is 14.5. The Bertz CT molecular complexity index is 813. The summed E-state index contributed by atoms with van der Waals surface area (Å²) in [6.45, 7) is 3.66. The summed E-state index contributed by atoms with van der Waals surface area (Å²) in [5.41, 5.74) is 8.57. The maximum Gasteiger partial charge on any atom is 0.226 e. The van der Waals surface area contributed by atoms with Crippen LogP contribution >= 0.6 is 15.9 Å². The molecule has 0 saturated heterocycles. The Kier molecular flexibility index (Phi) is 4.76. The summed E-state index contributed by atoms with van der Waals surface area (Å²) in [5.74, 6) is 0.960. The number of nitrogen functional groups attached to an aromatic ring is 1. The average molecular weight is 375 g/mol. The molecule has 0 bridgehead atoms. The molecular weight excluding hydrogens is 356 g/mol. The first kappa shape index (κ1) is 15.7. The van der Waals surface area contributed by atoms with Gasteiger partial charge in [-0.15, -0.1) is 0 Å². The molecular formula is C16H19BrN6. The lowest BCUT2D eigenvalue weighted by atomic mass is 10.2. The van der Waals surface area contributed by atoms with Gasteiger partial charge in [-0.25, -0.2) is 4.98 Å². The molecule has 2 heterocycles. The molecule has 3 aromatic rings. The van der Waals surface area contributed by atoms with E-state index >= 15 is 0 Å². The van der Waals surface area contributed by atoms with E-state index in [0.717, 1.165) is 35.1 Å². The van der Waals surface area contributed by atoms with Crippen LogP contribution in [0.25, 0.3) is 11.2 Å². The quantitative estimate of drug-likeness (QED) is 0.645. The molecule has 0 aliphatic heterocycles. The lowest BCUT2D eigenvalue weighted by Gasteiger charge is -2.08. The molecule has 0 spiro atoms. The van der Waals surface area contributed by atoms with Crippen molar-refractivity contribution in [2.75, 3.05) is 17.6 Å². The number of rotatable bonds is 6. The summed E-state index contributed by atoms with van der Waals surface area (Å²) in [6.07, 6.45) is 3.94. The Morgan fingerprint density at radius 3 is 2.96 bits per heavy atom. The van der Waals surface area contributed by atoms with Gasteiger partial charge in [0, 0.05) is 11.0 Å². The number of halogens is 1. The molecule has 0 aliphatic carbocycles. The summed E-state index contributed by atoms with van der Waals surface area (Å²) in [7, 11) is 0. The van der Waals surface area contributed by atoms with Crippen molar-refractivity contribution in [2.24, 2.45) is 0 Å². The Labute approximate surface area is 143 Å². The van der Waals surface area contributed by atoms with E-state index in [2.05, 4.69) is 55.3 Å². The number of hydrogen-bond donors (Lipinski definition) is 2. The number of imidazole rings is 1. The van der Waals surface area contributed by atoms with Crippen LogP contribution in [0.4, 0.5) is 11.8 Å². The van der Waals surface area contributed by atoms with E-state index in [1.807, 2.05) is 16.7 Å². The first-order chi connectivity index (χ1) is 11.2. The van der Waals surface area contributed by atoms with E-state index in [-0.39, 0.29) is 0 Å². The molecule has 1 aromatic carbocycles. The van der Waals surface area contributed by atoms with Crippen LogP contribution in [0.1, 0.15) is 25.3 Å². The van der Waals surface area contributed by atoms with Gasteiger partial charge < -0.3 is 15.6 Å². The first-order valence-corrected chi connectivity index (χ1v) is 8.43. The third kappa shape index (κ3) is 3.61. The highest BCUT2D eigenvalue weighted by Gasteiger charge is 2.11. The molecule has 3 rings (SSSR count). The van der Waals surface area contributed by atoms with Crippen molar-refractivity contribution in [3.8, 4) is 0 Å². The standard InChI is InChI=1S/C16H19BrN6/c1-2-3-7-19-16-21-14(18)13-15(22-16)23(10-20-13)9-11-5-4-6-12(17)8-11/h4-6,8,10H,2-3,7,9H2,1H3,(H3,18,19,21,22). The molecule has 0 fully saturated rings. The second-order valence-corrected chi connectivity index (χ2v) is 6.30. The van der Waals surface area contributed by atoms with Crippen molar-refractivity contribution in [3.05, 3.63) is 40.6 Å².